The molecule has 0 amide bonds. The molecule has 2 aromatic rings. The molecule has 1 N–H and O–H groups in total. The van der Waals surface area contributed by atoms with Crippen LogP contribution in [0.2, 0.25) is 10.0 Å². The smallest absolute Gasteiger partial charge is 0.142 e. The van der Waals surface area contributed by atoms with Crippen LogP contribution in [0.1, 0.15) is 25.5 Å². The van der Waals surface area contributed by atoms with E-state index in [-0.39, 0.29) is 6.04 Å². The molecule has 0 aromatic heterocycles. The Balaban J connectivity index is 2.18. The van der Waals surface area contributed by atoms with Crippen molar-refractivity contribution in [2.45, 2.75) is 19.9 Å². The zero-order chi connectivity index (χ0) is 14.5. The number of benzene rings is 2. The molecular weight excluding hydrogens is 293 g/mol. The summed E-state index contributed by atoms with van der Waals surface area (Å²) in [5, 5.41) is 4.56. The van der Waals surface area contributed by atoms with Crippen molar-refractivity contribution in [3.8, 4) is 5.75 Å². The molecule has 0 heterocycles. The fraction of sp³-hybridized carbons (Fsp3) is 0.250. The molecule has 0 aliphatic heterocycles. The van der Waals surface area contributed by atoms with Crippen LogP contribution in [0.25, 0.3) is 0 Å². The molecule has 106 valence electrons. The minimum absolute atomic E-state index is 0.103. The molecule has 0 saturated heterocycles. The van der Waals surface area contributed by atoms with E-state index in [1.165, 1.54) is 0 Å². The summed E-state index contributed by atoms with van der Waals surface area (Å²) >= 11 is 12.0. The van der Waals surface area contributed by atoms with E-state index >= 15 is 0 Å². The normalized spacial score (nSPS) is 12.0. The van der Waals surface area contributed by atoms with Crippen LogP contribution in [0, 0.1) is 0 Å². The highest BCUT2D eigenvalue weighted by Gasteiger charge is 2.10. The number of para-hydroxylation sites is 2. The summed E-state index contributed by atoms with van der Waals surface area (Å²) in [6, 6.07) is 13.6. The van der Waals surface area contributed by atoms with Crippen molar-refractivity contribution < 1.29 is 4.74 Å². The second-order valence-corrected chi connectivity index (χ2v) is 5.28. The third kappa shape index (κ3) is 3.59. The molecule has 4 heteroatoms. The molecule has 20 heavy (non-hydrogen) atoms. The Morgan fingerprint density at radius 1 is 1.10 bits per heavy atom. The van der Waals surface area contributed by atoms with Crippen LogP contribution < -0.4 is 10.1 Å². The van der Waals surface area contributed by atoms with Crippen molar-refractivity contribution in [3.05, 3.63) is 58.1 Å². The Kier molecular flexibility index (Phi) is 5.16. The van der Waals surface area contributed by atoms with E-state index in [1.54, 1.807) is 0 Å². The monoisotopic (exact) mass is 309 g/mol. The van der Waals surface area contributed by atoms with Crippen LogP contribution in [0.4, 0.5) is 5.69 Å². The second-order valence-electron chi connectivity index (χ2n) is 4.47. The maximum atomic E-state index is 6.06. The number of anilines is 1. The molecule has 0 aliphatic carbocycles. The fourth-order valence-electron chi connectivity index (χ4n) is 1.97. The van der Waals surface area contributed by atoms with Crippen LogP contribution >= 0.6 is 23.2 Å². The van der Waals surface area contributed by atoms with Gasteiger partial charge in [0.15, 0.2) is 0 Å². The van der Waals surface area contributed by atoms with Crippen molar-refractivity contribution in [1.82, 2.24) is 0 Å². The van der Waals surface area contributed by atoms with Gasteiger partial charge in [-0.1, -0.05) is 41.4 Å². The Morgan fingerprint density at radius 3 is 2.55 bits per heavy atom. The molecule has 1 unspecified atom stereocenters. The lowest BCUT2D eigenvalue weighted by Gasteiger charge is -2.18. The Hall–Kier alpha value is -1.38. The van der Waals surface area contributed by atoms with Gasteiger partial charge in [-0.2, -0.15) is 0 Å². The van der Waals surface area contributed by atoms with E-state index in [2.05, 4.69) is 12.2 Å². The van der Waals surface area contributed by atoms with Gasteiger partial charge in [0, 0.05) is 6.04 Å². The summed E-state index contributed by atoms with van der Waals surface area (Å²) in [7, 11) is 0. The van der Waals surface area contributed by atoms with Gasteiger partial charge in [0.2, 0.25) is 0 Å². The summed E-state index contributed by atoms with van der Waals surface area (Å²) < 4.78 is 5.61. The summed E-state index contributed by atoms with van der Waals surface area (Å²) in [6.45, 7) is 4.68. The van der Waals surface area contributed by atoms with E-state index in [4.69, 9.17) is 27.9 Å². The van der Waals surface area contributed by atoms with Gasteiger partial charge in [-0.25, -0.2) is 0 Å². The highest BCUT2D eigenvalue weighted by Crippen LogP contribution is 2.30. The molecule has 1 atom stereocenters. The minimum Gasteiger partial charge on any atom is -0.492 e. The molecular formula is C16H17Cl2NO. The van der Waals surface area contributed by atoms with Crippen molar-refractivity contribution >= 4 is 28.9 Å². The zero-order valence-corrected chi connectivity index (χ0v) is 13.0. The quantitative estimate of drug-likeness (QED) is 0.780. The van der Waals surface area contributed by atoms with Crippen molar-refractivity contribution in [2.75, 3.05) is 11.9 Å². The van der Waals surface area contributed by atoms with E-state index < -0.39 is 0 Å². The van der Waals surface area contributed by atoms with Gasteiger partial charge in [0.25, 0.3) is 0 Å². The third-order valence-electron chi connectivity index (χ3n) is 3.00. The Morgan fingerprint density at radius 2 is 1.85 bits per heavy atom. The number of nitrogens with one attached hydrogen (secondary N) is 1. The van der Waals surface area contributed by atoms with Gasteiger partial charge < -0.3 is 10.1 Å². The first-order chi connectivity index (χ1) is 9.61. The predicted octanol–water partition coefficient (Wildman–Crippen LogP) is 5.57. The minimum atomic E-state index is 0.103. The number of hydrogen-bond acceptors (Lipinski definition) is 2. The van der Waals surface area contributed by atoms with Crippen molar-refractivity contribution in [3.63, 3.8) is 0 Å². The van der Waals surface area contributed by atoms with Gasteiger partial charge in [-0.15, -0.1) is 0 Å². The number of ether oxygens (including phenoxy) is 1. The van der Waals surface area contributed by atoms with Crippen LogP contribution in [0.15, 0.2) is 42.5 Å². The van der Waals surface area contributed by atoms with Crippen molar-refractivity contribution in [2.24, 2.45) is 0 Å². The highest BCUT2D eigenvalue weighted by atomic mass is 35.5. The van der Waals surface area contributed by atoms with Crippen LogP contribution in [0.5, 0.6) is 5.75 Å². The molecule has 2 rings (SSSR count). The second kappa shape index (κ2) is 6.87. The fourth-order valence-corrected chi connectivity index (χ4v) is 2.27. The van der Waals surface area contributed by atoms with E-state index in [1.807, 2.05) is 49.4 Å². The average Bonchev–Trinajstić information content (AvgIpc) is 2.44. The van der Waals surface area contributed by atoms with Crippen LogP contribution in [0.3, 0.4) is 0 Å². The largest absolute Gasteiger partial charge is 0.492 e. The van der Waals surface area contributed by atoms with Crippen LogP contribution in [-0.2, 0) is 0 Å². The predicted molar refractivity (Wildman–Crippen MR) is 86.1 cm³/mol. The van der Waals surface area contributed by atoms with E-state index in [9.17, 15) is 0 Å². The Labute approximate surface area is 129 Å². The molecule has 0 spiro atoms. The molecule has 0 saturated carbocycles. The summed E-state index contributed by atoms with van der Waals surface area (Å²) in [4.78, 5) is 0. The number of halogens is 2. The van der Waals surface area contributed by atoms with Gasteiger partial charge in [-0.05, 0) is 43.7 Å². The molecule has 0 bridgehead atoms. The highest BCUT2D eigenvalue weighted by molar-refractivity contribution is 6.42. The first kappa shape index (κ1) is 15.0. The van der Waals surface area contributed by atoms with Gasteiger partial charge in [0.1, 0.15) is 5.75 Å². The maximum absolute atomic E-state index is 6.06. The van der Waals surface area contributed by atoms with E-state index in [0.29, 0.717) is 16.7 Å². The summed E-state index contributed by atoms with van der Waals surface area (Å²) in [5.41, 5.74) is 2.04. The Bertz CT molecular complexity index is 586. The summed E-state index contributed by atoms with van der Waals surface area (Å²) in [6.07, 6.45) is 0. The number of hydrogen-bond donors (Lipinski definition) is 1. The molecule has 0 aliphatic rings. The lowest BCUT2D eigenvalue weighted by atomic mass is 10.1. The topological polar surface area (TPSA) is 21.3 Å². The number of rotatable bonds is 5. The maximum Gasteiger partial charge on any atom is 0.142 e. The van der Waals surface area contributed by atoms with Gasteiger partial charge >= 0.3 is 0 Å². The van der Waals surface area contributed by atoms with E-state index in [0.717, 1.165) is 17.0 Å². The van der Waals surface area contributed by atoms with Gasteiger partial charge in [0.05, 0.1) is 22.3 Å². The first-order valence-corrected chi connectivity index (χ1v) is 7.30. The molecule has 2 aromatic carbocycles. The molecule has 0 fully saturated rings. The lowest BCUT2D eigenvalue weighted by Crippen LogP contribution is -2.08. The first-order valence-electron chi connectivity index (χ1n) is 6.55. The lowest BCUT2D eigenvalue weighted by molar-refractivity contribution is 0.341. The molecule has 2 nitrogen and oxygen atoms in total. The van der Waals surface area contributed by atoms with Crippen molar-refractivity contribution in [1.29, 1.82) is 0 Å². The summed E-state index contributed by atoms with van der Waals surface area (Å²) in [5.74, 6) is 0.849. The third-order valence-corrected chi connectivity index (χ3v) is 3.74. The molecule has 0 radical (unpaired) electrons. The SMILES string of the molecule is CCOc1ccccc1NC(C)c1ccc(Cl)c(Cl)c1. The van der Waals surface area contributed by atoms with Gasteiger partial charge in [-0.3, -0.25) is 0 Å². The van der Waals surface area contributed by atoms with Crippen LogP contribution in [-0.4, -0.2) is 6.61 Å². The zero-order valence-electron chi connectivity index (χ0n) is 11.5. The standard InChI is InChI=1S/C16H17Cl2NO/c1-3-20-16-7-5-4-6-15(16)19-11(2)12-8-9-13(17)14(18)10-12/h4-11,19H,3H2,1-2H3. The average molecular weight is 310 g/mol.